The summed E-state index contributed by atoms with van der Waals surface area (Å²) in [5, 5.41) is 17.9. The van der Waals surface area contributed by atoms with Crippen LogP contribution >= 0.6 is 0 Å². The summed E-state index contributed by atoms with van der Waals surface area (Å²) >= 11 is 0. The van der Waals surface area contributed by atoms with Crippen LogP contribution < -0.4 is 0 Å². The van der Waals surface area contributed by atoms with Crippen LogP contribution in [0.4, 0.5) is 0 Å². The number of aliphatic carboxylic acids is 1. The van der Waals surface area contributed by atoms with Gasteiger partial charge in [-0.3, -0.25) is 9.79 Å². The largest absolute Gasteiger partial charge is 0.481 e. The number of carboxylic acid groups (broad SMARTS) is 1. The Morgan fingerprint density at radius 3 is 2.64 bits per heavy atom. The normalized spacial score (nSPS) is 37.1. The highest BCUT2D eigenvalue weighted by Gasteiger charge is 2.44. The van der Waals surface area contributed by atoms with Crippen molar-refractivity contribution in [1.29, 1.82) is 0 Å². The number of hydrogen-bond acceptors (Lipinski definition) is 3. The third-order valence-electron chi connectivity index (χ3n) is 1.92. The minimum atomic E-state index is -0.947. The maximum atomic E-state index is 10.3. The molecule has 4 heteroatoms. The lowest BCUT2D eigenvalue weighted by atomic mass is 9.72. The summed E-state index contributed by atoms with van der Waals surface area (Å²) in [5.41, 5.74) is -0.947. The summed E-state index contributed by atoms with van der Waals surface area (Å²) in [6.45, 7) is 0. The molecule has 62 valence electrons. The first kappa shape index (κ1) is 8.20. The third kappa shape index (κ3) is 1.57. The highest BCUT2D eigenvalue weighted by atomic mass is 16.4. The van der Waals surface area contributed by atoms with Gasteiger partial charge < -0.3 is 10.2 Å². The van der Waals surface area contributed by atoms with E-state index in [0.717, 1.165) is 0 Å². The molecular weight excluding hydrogens is 146 g/mol. The smallest absolute Gasteiger partial charge is 0.306 e. The number of aliphatic imine (C=N–C) groups is 1. The van der Waals surface area contributed by atoms with E-state index in [2.05, 4.69) is 4.99 Å². The molecule has 0 radical (unpaired) electrons. The van der Waals surface area contributed by atoms with Crippen LogP contribution in [-0.2, 0) is 4.79 Å². The minimum absolute atomic E-state index is 0.291. The number of rotatable bonds is 2. The number of aliphatic hydroxyl groups is 1. The minimum Gasteiger partial charge on any atom is -0.481 e. The Kier molecular flexibility index (Phi) is 1.95. The zero-order chi connectivity index (χ0) is 8.48. The molecule has 0 aromatic heterocycles. The van der Waals surface area contributed by atoms with Gasteiger partial charge in [-0.2, -0.15) is 0 Å². The molecule has 1 fully saturated rings. The maximum absolute atomic E-state index is 10.3. The first-order chi connectivity index (χ1) is 5.07. The van der Waals surface area contributed by atoms with Crippen molar-refractivity contribution in [2.75, 3.05) is 7.05 Å². The molecule has 0 atom stereocenters. The van der Waals surface area contributed by atoms with Crippen LogP contribution in [0.2, 0.25) is 0 Å². The van der Waals surface area contributed by atoms with E-state index in [0.29, 0.717) is 12.8 Å². The van der Waals surface area contributed by atoms with E-state index in [9.17, 15) is 9.90 Å². The van der Waals surface area contributed by atoms with E-state index in [1.165, 1.54) is 6.21 Å². The highest BCUT2D eigenvalue weighted by Crippen LogP contribution is 2.36. The van der Waals surface area contributed by atoms with Crippen molar-refractivity contribution in [3.05, 3.63) is 0 Å². The Bertz CT molecular complexity index is 194. The van der Waals surface area contributed by atoms with Crippen molar-refractivity contribution >= 4 is 12.2 Å². The van der Waals surface area contributed by atoms with Crippen molar-refractivity contribution in [3.63, 3.8) is 0 Å². The van der Waals surface area contributed by atoms with Crippen LogP contribution in [0, 0.1) is 5.92 Å². The van der Waals surface area contributed by atoms with Crippen LogP contribution in [0.3, 0.4) is 0 Å². The third-order valence-corrected chi connectivity index (χ3v) is 1.92. The van der Waals surface area contributed by atoms with E-state index in [-0.39, 0.29) is 0 Å². The van der Waals surface area contributed by atoms with Crippen LogP contribution in [-0.4, -0.2) is 35.0 Å². The second-order valence-corrected chi connectivity index (χ2v) is 2.93. The molecule has 0 spiro atoms. The van der Waals surface area contributed by atoms with Gasteiger partial charge in [0.2, 0.25) is 0 Å². The van der Waals surface area contributed by atoms with Gasteiger partial charge in [-0.1, -0.05) is 0 Å². The van der Waals surface area contributed by atoms with Crippen molar-refractivity contribution < 1.29 is 15.0 Å². The lowest BCUT2D eigenvalue weighted by Gasteiger charge is -2.38. The fourth-order valence-electron chi connectivity index (χ4n) is 1.31. The average molecular weight is 157 g/mol. The summed E-state index contributed by atoms with van der Waals surface area (Å²) in [7, 11) is 1.56. The lowest BCUT2D eigenvalue weighted by Crippen LogP contribution is -2.48. The topological polar surface area (TPSA) is 69.9 Å². The summed E-state index contributed by atoms with van der Waals surface area (Å²) in [4.78, 5) is 14.0. The van der Waals surface area contributed by atoms with Gasteiger partial charge in [0, 0.05) is 13.3 Å². The number of hydrogen-bond donors (Lipinski definition) is 2. The molecule has 4 nitrogen and oxygen atoms in total. The molecule has 0 heterocycles. The molecule has 0 aromatic rings. The number of carboxylic acids is 1. The molecular formula is C7H11NO3. The molecule has 0 bridgehead atoms. The molecule has 2 N–H and O–H groups in total. The van der Waals surface area contributed by atoms with Gasteiger partial charge in [0.05, 0.1) is 5.92 Å². The Morgan fingerprint density at radius 1 is 1.73 bits per heavy atom. The van der Waals surface area contributed by atoms with E-state index in [1.54, 1.807) is 7.05 Å². The molecule has 0 amide bonds. The summed E-state index contributed by atoms with van der Waals surface area (Å²) in [6.07, 6.45) is 1.99. The molecule has 0 unspecified atom stereocenters. The zero-order valence-electron chi connectivity index (χ0n) is 6.32. The molecule has 1 saturated carbocycles. The van der Waals surface area contributed by atoms with Crippen LogP contribution in [0.25, 0.3) is 0 Å². The van der Waals surface area contributed by atoms with Gasteiger partial charge in [0.25, 0.3) is 0 Å². The average Bonchev–Trinajstić information content (AvgIpc) is 1.82. The van der Waals surface area contributed by atoms with Crippen molar-refractivity contribution in [2.24, 2.45) is 10.9 Å². The molecule has 1 aliphatic rings. The lowest BCUT2D eigenvalue weighted by molar-refractivity contribution is -0.151. The van der Waals surface area contributed by atoms with Crippen molar-refractivity contribution in [3.8, 4) is 0 Å². The summed E-state index contributed by atoms with van der Waals surface area (Å²) in [5.74, 6) is -1.22. The van der Waals surface area contributed by atoms with Gasteiger partial charge in [-0.25, -0.2) is 0 Å². The number of nitrogens with zero attached hydrogens (tertiary/aromatic N) is 1. The summed E-state index contributed by atoms with van der Waals surface area (Å²) < 4.78 is 0. The van der Waals surface area contributed by atoms with Crippen LogP contribution in [0.5, 0.6) is 0 Å². The van der Waals surface area contributed by atoms with E-state index in [1.807, 2.05) is 0 Å². The van der Waals surface area contributed by atoms with Crippen molar-refractivity contribution in [1.82, 2.24) is 0 Å². The monoisotopic (exact) mass is 157 g/mol. The molecule has 1 aliphatic carbocycles. The maximum Gasteiger partial charge on any atom is 0.306 e. The van der Waals surface area contributed by atoms with E-state index in [4.69, 9.17) is 5.11 Å². The molecule has 0 aliphatic heterocycles. The molecule has 0 saturated heterocycles. The van der Waals surface area contributed by atoms with Crippen molar-refractivity contribution in [2.45, 2.75) is 18.4 Å². The van der Waals surface area contributed by atoms with Gasteiger partial charge >= 0.3 is 5.97 Å². The predicted octanol–water partition coefficient (Wildman–Crippen LogP) is -0.0873. The Balaban J connectivity index is 2.44. The number of carbonyl (C=O) groups is 1. The fraction of sp³-hybridized carbons (Fsp3) is 0.714. The highest BCUT2D eigenvalue weighted by molar-refractivity contribution is 5.78. The SMILES string of the molecule is CN=CC1(O)CC(C(=O)O)C1. The molecule has 0 aromatic carbocycles. The molecule has 1 rings (SSSR count). The second kappa shape index (κ2) is 2.62. The Labute approximate surface area is 64.6 Å². The van der Waals surface area contributed by atoms with Gasteiger partial charge in [0.15, 0.2) is 0 Å². The van der Waals surface area contributed by atoms with E-state index < -0.39 is 17.5 Å². The van der Waals surface area contributed by atoms with Gasteiger partial charge in [-0.15, -0.1) is 0 Å². The first-order valence-corrected chi connectivity index (χ1v) is 3.46. The Morgan fingerprint density at radius 2 is 2.27 bits per heavy atom. The fourth-order valence-corrected chi connectivity index (χ4v) is 1.31. The first-order valence-electron chi connectivity index (χ1n) is 3.46. The predicted molar refractivity (Wildman–Crippen MR) is 39.7 cm³/mol. The standard InChI is InChI=1S/C7H11NO3/c1-8-4-7(11)2-5(3-7)6(9)10/h4-5,11H,2-3H2,1H3,(H,9,10). The summed E-state index contributed by atoms with van der Waals surface area (Å²) in [6, 6.07) is 0. The van der Waals surface area contributed by atoms with Gasteiger partial charge in [-0.05, 0) is 12.8 Å². The molecule has 11 heavy (non-hydrogen) atoms. The Hall–Kier alpha value is -0.900. The quantitative estimate of drug-likeness (QED) is 0.550. The van der Waals surface area contributed by atoms with Crippen LogP contribution in [0.15, 0.2) is 4.99 Å². The zero-order valence-corrected chi connectivity index (χ0v) is 6.32. The van der Waals surface area contributed by atoms with Gasteiger partial charge in [0.1, 0.15) is 5.60 Å². The second-order valence-electron chi connectivity index (χ2n) is 2.93. The van der Waals surface area contributed by atoms with Crippen LogP contribution in [0.1, 0.15) is 12.8 Å². The van der Waals surface area contributed by atoms with E-state index >= 15 is 0 Å².